The van der Waals surface area contributed by atoms with E-state index in [1.807, 2.05) is 0 Å². The Balaban J connectivity index is 2.61. The number of benzene rings is 1. The maximum atomic E-state index is 6.05. The maximum Gasteiger partial charge on any atom is 0.164 e. The Labute approximate surface area is 126 Å². The summed E-state index contributed by atoms with van der Waals surface area (Å²) in [7, 11) is 0. The number of aromatic nitrogens is 2. The lowest BCUT2D eigenvalue weighted by molar-refractivity contribution is 1.16. The molecular formula is C10H3BrCl4N2. The van der Waals surface area contributed by atoms with Crippen LogP contribution in [0.5, 0.6) is 0 Å². The molecule has 0 aliphatic rings. The zero-order chi connectivity index (χ0) is 12.6. The van der Waals surface area contributed by atoms with Gasteiger partial charge in [0.2, 0.25) is 0 Å². The lowest BCUT2D eigenvalue weighted by Crippen LogP contribution is -1.92. The molecule has 0 amide bonds. The van der Waals surface area contributed by atoms with Gasteiger partial charge in [-0.2, -0.15) is 0 Å². The molecule has 2 rings (SSSR count). The fraction of sp³-hybridized carbons (Fsp3) is 0. The van der Waals surface area contributed by atoms with Crippen molar-refractivity contribution in [2.45, 2.75) is 0 Å². The van der Waals surface area contributed by atoms with E-state index < -0.39 is 0 Å². The van der Waals surface area contributed by atoms with E-state index in [9.17, 15) is 0 Å². The summed E-state index contributed by atoms with van der Waals surface area (Å²) < 4.78 is 0.453. The molecule has 0 unspecified atom stereocenters. The number of hydrogen-bond acceptors (Lipinski definition) is 2. The second-order valence-corrected chi connectivity index (χ2v) is 5.42. The van der Waals surface area contributed by atoms with Gasteiger partial charge in [0.05, 0.1) is 9.50 Å². The summed E-state index contributed by atoms with van der Waals surface area (Å²) >= 11 is 26.8. The van der Waals surface area contributed by atoms with Crippen LogP contribution in [0.3, 0.4) is 0 Å². The third kappa shape index (κ3) is 2.85. The van der Waals surface area contributed by atoms with Crippen LogP contribution in [-0.4, -0.2) is 9.97 Å². The highest BCUT2D eigenvalue weighted by molar-refractivity contribution is 9.10. The lowest BCUT2D eigenvalue weighted by atomic mass is 10.2. The minimum absolute atomic E-state index is 0.228. The van der Waals surface area contributed by atoms with E-state index in [1.54, 1.807) is 18.2 Å². The first-order valence-electron chi connectivity index (χ1n) is 4.33. The van der Waals surface area contributed by atoms with Crippen molar-refractivity contribution in [3.63, 3.8) is 0 Å². The van der Waals surface area contributed by atoms with E-state index in [0.29, 0.717) is 25.9 Å². The molecule has 2 nitrogen and oxygen atoms in total. The van der Waals surface area contributed by atoms with Gasteiger partial charge in [0, 0.05) is 10.6 Å². The van der Waals surface area contributed by atoms with Crippen LogP contribution >= 0.6 is 62.3 Å². The lowest BCUT2D eigenvalue weighted by Gasteiger charge is -2.05. The van der Waals surface area contributed by atoms with Gasteiger partial charge >= 0.3 is 0 Å². The van der Waals surface area contributed by atoms with Crippen molar-refractivity contribution in [3.8, 4) is 11.4 Å². The molecule has 1 heterocycles. The molecule has 17 heavy (non-hydrogen) atoms. The third-order valence-electron chi connectivity index (χ3n) is 1.94. The van der Waals surface area contributed by atoms with Crippen molar-refractivity contribution in [2.75, 3.05) is 0 Å². The first-order valence-corrected chi connectivity index (χ1v) is 6.63. The summed E-state index contributed by atoms with van der Waals surface area (Å²) in [5.41, 5.74) is 0.618. The molecule has 0 aliphatic heterocycles. The summed E-state index contributed by atoms with van der Waals surface area (Å²) in [5.74, 6) is 0.352. The van der Waals surface area contributed by atoms with E-state index in [-0.39, 0.29) is 10.3 Å². The molecule has 1 aromatic carbocycles. The van der Waals surface area contributed by atoms with Crippen LogP contribution in [0.2, 0.25) is 20.4 Å². The summed E-state index contributed by atoms with van der Waals surface area (Å²) in [6, 6.07) is 5.00. The molecule has 0 N–H and O–H groups in total. The van der Waals surface area contributed by atoms with E-state index in [2.05, 4.69) is 25.9 Å². The van der Waals surface area contributed by atoms with Gasteiger partial charge in [-0.1, -0.05) is 46.4 Å². The zero-order valence-corrected chi connectivity index (χ0v) is 12.6. The third-order valence-corrected chi connectivity index (χ3v) is 4.24. The molecule has 1 aromatic heterocycles. The minimum atomic E-state index is 0.228. The Morgan fingerprint density at radius 3 is 2.06 bits per heavy atom. The van der Waals surface area contributed by atoms with E-state index in [0.717, 1.165) is 0 Å². The van der Waals surface area contributed by atoms with E-state index in [4.69, 9.17) is 46.4 Å². The normalized spacial score (nSPS) is 10.6. The topological polar surface area (TPSA) is 25.8 Å². The van der Waals surface area contributed by atoms with Gasteiger partial charge in [0.15, 0.2) is 5.82 Å². The highest BCUT2D eigenvalue weighted by Crippen LogP contribution is 2.33. The van der Waals surface area contributed by atoms with Gasteiger partial charge in [-0.05, 0) is 34.1 Å². The van der Waals surface area contributed by atoms with Crippen molar-refractivity contribution in [1.82, 2.24) is 9.97 Å². The summed E-state index contributed by atoms with van der Waals surface area (Å²) in [4.78, 5) is 8.18. The Morgan fingerprint density at radius 2 is 1.53 bits per heavy atom. The van der Waals surface area contributed by atoms with Crippen LogP contribution in [0, 0.1) is 0 Å². The minimum Gasteiger partial charge on any atom is -0.215 e. The van der Waals surface area contributed by atoms with Crippen LogP contribution in [-0.2, 0) is 0 Å². The van der Waals surface area contributed by atoms with Gasteiger partial charge in [-0.15, -0.1) is 0 Å². The van der Waals surface area contributed by atoms with Crippen molar-refractivity contribution in [3.05, 3.63) is 43.0 Å². The van der Waals surface area contributed by atoms with Gasteiger partial charge in [-0.25, -0.2) is 9.97 Å². The van der Waals surface area contributed by atoms with Crippen molar-refractivity contribution < 1.29 is 0 Å². The molecule has 0 fully saturated rings. The quantitative estimate of drug-likeness (QED) is 0.616. The van der Waals surface area contributed by atoms with Gasteiger partial charge in [0.25, 0.3) is 0 Å². The van der Waals surface area contributed by atoms with Crippen LogP contribution in [0.4, 0.5) is 0 Å². The maximum absolute atomic E-state index is 6.05. The van der Waals surface area contributed by atoms with Gasteiger partial charge < -0.3 is 0 Å². The standard InChI is InChI=1S/C10H3BrCl4N2/c11-7-8(14)16-10(17-9(7)15)5-2-1-4(12)3-6(5)13/h1-3H. The summed E-state index contributed by atoms with van der Waals surface area (Å²) in [6.45, 7) is 0. The molecule has 0 aliphatic carbocycles. The SMILES string of the molecule is Clc1ccc(-c2nc(Cl)c(Br)c(Cl)n2)c(Cl)c1. The average Bonchev–Trinajstić information content (AvgIpc) is 2.25. The van der Waals surface area contributed by atoms with Gasteiger partial charge in [0.1, 0.15) is 10.3 Å². The van der Waals surface area contributed by atoms with E-state index in [1.165, 1.54) is 0 Å². The molecule has 0 saturated heterocycles. The first-order chi connectivity index (χ1) is 7.99. The second-order valence-electron chi connectivity index (χ2n) is 3.07. The predicted molar refractivity (Wildman–Crippen MR) is 75.2 cm³/mol. The predicted octanol–water partition coefficient (Wildman–Crippen LogP) is 5.52. The molecule has 2 aromatic rings. The Bertz CT molecular complexity index is 566. The number of nitrogens with zero attached hydrogens (tertiary/aromatic N) is 2. The van der Waals surface area contributed by atoms with Gasteiger partial charge in [-0.3, -0.25) is 0 Å². The first kappa shape index (κ1) is 13.4. The van der Waals surface area contributed by atoms with E-state index >= 15 is 0 Å². The molecular weight excluding hydrogens is 370 g/mol. The monoisotopic (exact) mass is 370 g/mol. The van der Waals surface area contributed by atoms with Crippen molar-refractivity contribution in [2.24, 2.45) is 0 Å². The zero-order valence-electron chi connectivity index (χ0n) is 8.02. The molecule has 88 valence electrons. The second kappa shape index (κ2) is 5.29. The fourth-order valence-corrected chi connectivity index (χ4v) is 2.24. The Morgan fingerprint density at radius 1 is 0.941 bits per heavy atom. The van der Waals surface area contributed by atoms with Crippen LogP contribution in [0.25, 0.3) is 11.4 Å². The fourth-order valence-electron chi connectivity index (χ4n) is 1.19. The summed E-state index contributed by atoms with van der Waals surface area (Å²) in [5, 5.41) is 1.43. The molecule has 0 spiro atoms. The van der Waals surface area contributed by atoms with Crippen molar-refractivity contribution in [1.29, 1.82) is 0 Å². The Hall–Kier alpha value is -0.0600. The molecule has 0 bridgehead atoms. The number of halogens is 5. The molecule has 0 atom stereocenters. The highest BCUT2D eigenvalue weighted by atomic mass is 79.9. The highest BCUT2D eigenvalue weighted by Gasteiger charge is 2.13. The molecule has 0 radical (unpaired) electrons. The van der Waals surface area contributed by atoms with Crippen molar-refractivity contribution >= 4 is 62.3 Å². The molecule has 0 saturated carbocycles. The number of hydrogen-bond donors (Lipinski definition) is 0. The van der Waals surface area contributed by atoms with Crippen LogP contribution < -0.4 is 0 Å². The van der Waals surface area contributed by atoms with Crippen LogP contribution in [0.1, 0.15) is 0 Å². The largest absolute Gasteiger partial charge is 0.215 e. The number of rotatable bonds is 1. The summed E-state index contributed by atoms with van der Waals surface area (Å²) in [6.07, 6.45) is 0. The average molecular weight is 373 g/mol. The molecule has 7 heteroatoms. The smallest absolute Gasteiger partial charge is 0.164 e. The van der Waals surface area contributed by atoms with Crippen LogP contribution in [0.15, 0.2) is 22.7 Å². The Kier molecular flexibility index (Phi) is 4.16.